The van der Waals surface area contributed by atoms with Crippen LogP contribution in [0.3, 0.4) is 0 Å². The highest BCUT2D eigenvalue weighted by Crippen LogP contribution is 2.23. The van der Waals surface area contributed by atoms with Gasteiger partial charge in [0.2, 0.25) is 0 Å². The Hall–Kier alpha value is -2.36. The molecule has 1 fully saturated rings. The van der Waals surface area contributed by atoms with Crippen LogP contribution in [0, 0.1) is 5.92 Å². The smallest absolute Gasteiger partial charge is 0.253 e. The molecule has 4 nitrogen and oxygen atoms in total. The third-order valence-corrected chi connectivity index (χ3v) is 4.34. The lowest BCUT2D eigenvalue weighted by atomic mass is 9.99. The number of hydrogen-bond acceptors (Lipinski definition) is 3. The monoisotopic (exact) mass is 309 g/mol. The molecule has 0 saturated carbocycles. The van der Waals surface area contributed by atoms with E-state index in [4.69, 9.17) is 0 Å². The number of nitrogens with one attached hydrogen (secondary N) is 1. The topological polar surface area (TPSA) is 45.2 Å². The van der Waals surface area contributed by atoms with Crippen molar-refractivity contribution in [3.63, 3.8) is 0 Å². The number of piperidine rings is 1. The van der Waals surface area contributed by atoms with Gasteiger partial charge in [-0.2, -0.15) is 0 Å². The van der Waals surface area contributed by atoms with E-state index in [9.17, 15) is 4.79 Å². The number of pyridine rings is 1. The van der Waals surface area contributed by atoms with Crippen LogP contribution >= 0.6 is 0 Å². The zero-order valence-corrected chi connectivity index (χ0v) is 13.5. The summed E-state index contributed by atoms with van der Waals surface area (Å²) >= 11 is 0. The number of rotatable bonds is 4. The Morgan fingerprint density at radius 1 is 1.30 bits per heavy atom. The van der Waals surface area contributed by atoms with Gasteiger partial charge in [0.05, 0.1) is 5.56 Å². The van der Waals surface area contributed by atoms with E-state index >= 15 is 0 Å². The summed E-state index contributed by atoms with van der Waals surface area (Å²) in [5, 5.41) is 2.93. The van der Waals surface area contributed by atoms with Gasteiger partial charge >= 0.3 is 0 Å². The van der Waals surface area contributed by atoms with Crippen molar-refractivity contribution in [2.75, 3.05) is 18.0 Å². The molecule has 1 atom stereocenters. The maximum absolute atomic E-state index is 12.0. The van der Waals surface area contributed by atoms with E-state index < -0.39 is 0 Å². The fraction of sp³-hybridized carbons (Fsp3) is 0.368. The van der Waals surface area contributed by atoms with Crippen LogP contribution in [0.4, 0.5) is 5.69 Å². The summed E-state index contributed by atoms with van der Waals surface area (Å²) in [4.78, 5) is 18.4. The second-order valence-electron chi connectivity index (χ2n) is 6.28. The van der Waals surface area contributed by atoms with Crippen LogP contribution in [-0.4, -0.2) is 24.0 Å². The highest BCUT2D eigenvalue weighted by Gasteiger charge is 2.16. The third-order valence-electron chi connectivity index (χ3n) is 4.34. The van der Waals surface area contributed by atoms with E-state index in [2.05, 4.69) is 46.4 Å². The van der Waals surface area contributed by atoms with Crippen molar-refractivity contribution >= 4 is 11.6 Å². The Balaban J connectivity index is 1.56. The molecule has 1 unspecified atom stereocenters. The van der Waals surface area contributed by atoms with E-state index in [-0.39, 0.29) is 5.91 Å². The lowest BCUT2D eigenvalue weighted by Gasteiger charge is -2.32. The van der Waals surface area contributed by atoms with Crippen molar-refractivity contribution < 1.29 is 4.79 Å². The quantitative estimate of drug-likeness (QED) is 0.943. The molecule has 1 aliphatic heterocycles. The molecule has 4 heteroatoms. The van der Waals surface area contributed by atoms with Crippen molar-refractivity contribution in [2.24, 2.45) is 5.92 Å². The molecule has 120 valence electrons. The molecular weight excluding hydrogens is 286 g/mol. The van der Waals surface area contributed by atoms with Gasteiger partial charge in [0.25, 0.3) is 5.91 Å². The lowest BCUT2D eigenvalue weighted by Crippen LogP contribution is -2.34. The number of benzene rings is 1. The van der Waals surface area contributed by atoms with Gasteiger partial charge in [0.15, 0.2) is 0 Å². The largest absolute Gasteiger partial charge is 0.371 e. The molecule has 23 heavy (non-hydrogen) atoms. The van der Waals surface area contributed by atoms with Crippen LogP contribution in [0.5, 0.6) is 0 Å². The van der Waals surface area contributed by atoms with E-state index in [1.54, 1.807) is 24.5 Å². The first kappa shape index (κ1) is 15.5. The second-order valence-corrected chi connectivity index (χ2v) is 6.28. The summed E-state index contributed by atoms with van der Waals surface area (Å²) < 4.78 is 0. The van der Waals surface area contributed by atoms with E-state index in [1.807, 2.05) is 0 Å². The minimum absolute atomic E-state index is 0.0907. The molecule has 1 aromatic heterocycles. The van der Waals surface area contributed by atoms with Gasteiger partial charge in [-0.05, 0) is 48.6 Å². The molecule has 0 aliphatic carbocycles. The van der Waals surface area contributed by atoms with Crippen LogP contribution in [0.2, 0.25) is 0 Å². The van der Waals surface area contributed by atoms with Gasteiger partial charge in [0.1, 0.15) is 0 Å². The van der Waals surface area contributed by atoms with Gasteiger partial charge in [-0.1, -0.05) is 19.1 Å². The Morgan fingerprint density at radius 2 is 2.13 bits per heavy atom. The standard InChI is InChI=1S/C19H23N3O/c1-15-4-3-11-22(14-15)18-8-6-16(7-9-18)12-21-19(23)17-5-2-10-20-13-17/h2,5-10,13,15H,3-4,11-12,14H2,1H3,(H,21,23). The summed E-state index contributed by atoms with van der Waals surface area (Å²) in [6.45, 7) is 5.12. The average molecular weight is 309 g/mol. The van der Waals surface area contributed by atoms with Gasteiger partial charge < -0.3 is 10.2 Å². The average Bonchev–Trinajstić information content (AvgIpc) is 2.61. The molecule has 1 N–H and O–H groups in total. The van der Waals surface area contributed by atoms with E-state index in [0.29, 0.717) is 12.1 Å². The fourth-order valence-corrected chi connectivity index (χ4v) is 3.03. The SMILES string of the molecule is CC1CCCN(c2ccc(CNC(=O)c3cccnc3)cc2)C1. The number of anilines is 1. The molecule has 3 rings (SSSR count). The van der Waals surface area contributed by atoms with Crippen molar-refractivity contribution in [1.82, 2.24) is 10.3 Å². The Morgan fingerprint density at radius 3 is 2.83 bits per heavy atom. The van der Waals surface area contributed by atoms with Crippen molar-refractivity contribution in [3.05, 3.63) is 59.9 Å². The number of aromatic nitrogens is 1. The second kappa shape index (κ2) is 7.27. The van der Waals surface area contributed by atoms with Crippen LogP contribution in [0.25, 0.3) is 0 Å². The lowest BCUT2D eigenvalue weighted by molar-refractivity contribution is 0.0950. The Labute approximate surface area is 137 Å². The molecule has 2 heterocycles. The molecule has 1 saturated heterocycles. The zero-order chi connectivity index (χ0) is 16.1. The highest BCUT2D eigenvalue weighted by molar-refractivity contribution is 5.93. The predicted molar refractivity (Wildman–Crippen MR) is 92.5 cm³/mol. The first-order valence-corrected chi connectivity index (χ1v) is 8.24. The number of nitrogens with zero attached hydrogens (tertiary/aromatic N) is 2. The van der Waals surface area contributed by atoms with Crippen molar-refractivity contribution in [2.45, 2.75) is 26.3 Å². The number of hydrogen-bond donors (Lipinski definition) is 1. The molecule has 1 amide bonds. The number of carbonyl (C=O) groups excluding carboxylic acids is 1. The molecular formula is C19H23N3O. The Kier molecular flexibility index (Phi) is 4.91. The van der Waals surface area contributed by atoms with Crippen LogP contribution in [-0.2, 0) is 6.54 Å². The zero-order valence-electron chi connectivity index (χ0n) is 13.5. The fourth-order valence-electron chi connectivity index (χ4n) is 3.03. The van der Waals surface area contributed by atoms with Crippen LogP contribution in [0.1, 0.15) is 35.7 Å². The van der Waals surface area contributed by atoms with Crippen molar-refractivity contribution in [1.29, 1.82) is 0 Å². The van der Waals surface area contributed by atoms with Crippen molar-refractivity contribution in [3.8, 4) is 0 Å². The molecule has 2 aromatic rings. The number of carbonyl (C=O) groups is 1. The third kappa shape index (κ3) is 4.09. The molecule has 1 aliphatic rings. The Bertz CT molecular complexity index is 639. The molecule has 1 aromatic carbocycles. The van der Waals surface area contributed by atoms with Gasteiger partial charge in [-0.15, -0.1) is 0 Å². The van der Waals surface area contributed by atoms with Gasteiger partial charge in [-0.25, -0.2) is 0 Å². The first-order chi connectivity index (χ1) is 11.2. The van der Waals surface area contributed by atoms with Gasteiger partial charge in [0, 0.05) is 37.7 Å². The molecule has 0 radical (unpaired) electrons. The summed E-state index contributed by atoms with van der Waals surface area (Å²) in [6.07, 6.45) is 5.84. The summed E-state index contributed by atoms with van der Waals surface area (Å²) in [7, 11) is 0. The molecule has 0 spiro atoms. The maximum atomic E-state index is 12.0. The molecule has 0 bridgehead atoms. The predicted octanol–water partition coefficient (Wildman–Crippen LogP) is 3.25. The summed E-state index contributed by atoms with van der Waals surface area (Å²) in [6, 6.07) is 12.0. The normalized spacial score (nSPS) is 17.8. The first-order valence-electron chi connectivity index (χ1n) is 8.24. The minimum Gasteiger partial charge on any atom is -0.371 e. The summed E-state index contributed by atoms with van der Waals surface area (Å²) in [5.41, 5.74) is 2.97. The number of amides is 1. The van der Waals surface area contributed by atoms with E-state index in [0.717, 1.165) is 24.6 Å². The minimum atomic E-state index is -0.0907. The van der Waals surface area contributed by atoms with Gasteiger partial charge in [-0.3, -0.25) is 9.78 Å². The highest BCUT2D eigenvalue weighted by atomic mass is 16.1. The maximum Gasteiger partial charge on any atom is 0.253 e. The van der Waals surface area contributed by atoms with E-state index in [1.165, 1.54) is 18.5 Å². The van der Waals surface area contributed by atoms with Crippen LogP contribution in [0.15, 0.2) is 48.8 Å². The summed E-state index contributed by atoms with van der Waals surface area (Å²) in [5.74, 6) is 0.675. The van der Waals surface area contributed by atoms with Crippen LogP contribution < -0.4 is 10.2 Å².